The summed E-state index contributed by atoms with van der Waals surface area (Å²) in [7, 11) is 18.6. The number of rotatable bonds is 18. The van der Waals surface area contributed by atoms with E-state index in [1.54, 1.807) is 36.4 Å². The molecule has 0 saturated carbocycles. The Kier molecular flexibility index (Phi) is 35.4. The van der Waals surface area contributed by atoms with Gasteiger partial charge in [0.2, 0.25) is 11.1 Å². The van der Waals surface area contributed by atoms with Gasteiger partial charge >= 0.3 is 0 Å². The molecular formula is C36H48N2O14Rf6-6. The van der Waals surface area contributed by atoms with E-state index in [0.29, 0.717) is 22.5 Å². The standard InChI is InChI=1S/2C13H14NO4.2C5H10O3.6Rf/c2*1-17-7-10(15)8-18-11-4-2-9-3-5-13(16)14-12(9)6-11;2*1-7-3-5(6)4-8-2;;;;;;/h2*2-6,10,15H,1,7-8H2,(H,14,16);2*5-6H,1-4H2;;;;;;/q2*-1;2*-2;;;;;;. The van der Waals surface area contributed by atoms with Crippen molar-refractivity contribution in [1.82, 2.24) is 9.97 Å². The molecule has 6 N–H and O–H groups in total. The molecule has 2 atom stereocenters. The molecule has 0 aliphatic rings. The number of aliphatic hydroxyl groups excluding tert-OH is 4. The molecule has 0 aliphatic heterocycles. The van der Waals surface area contributed by atoms with Crippen LogP contribution < -0.4 is 20.6 Å². The van der Waals surface area contributed by atoms with Gasteiger partial charge in [0.1, 0.15) is 36.9 Å². The van der Waals surface area contributed by atoms with Crippen LogP contribution in [-0.2, 0) is 28.4 Å². The molecule has 2 heterocycles. The minimum atomic E-state index is -0.729. The maximum absolute atomic E-state index is 11.2. The van der Waals surface area contributed by atoms with Crippen LogP contribution in [0.25, 0.3) is 21.8 Å². The summed E-state index contributed by atoms with van der Waals surface area (Å²) in [5, 5.41) is 38.1. The summed E-state index contributed by atoms with van der Waals surface area (Å²) in [4.78, 5) is 27.8. The van der Waals surface area contributed by atoms with Crippen molar-refractivity contribution in [3.8, 4) is 11.5 Å². The van der Waals surface area contributed by atoms with Crippen molar-refractivity contribution < 1.29 is 58.3 Å². The van der Waals surface area contributed by atoms with Crippen LogP contribution in [-0.4, -0.2) is 108 Å². The molecule has 0 fully saturated rings. The summed E-state index contributed by atoms with van der Waals surface area (Å²) >= 11 is 0. The van der Waals surface area contributed by atoms with Crippen LogP contribution in [0.3, 0.4) is 0 Å². The Balaban J connectivity index is -0.000000160. The number of hydrogen-bond donors (Lipinski definition) is 6. The molecule has 0 saturated heterocycles. The van der Waals surface area contributed by atoms with Gasteiger partial charge in [-0.2, -0.15) is 0 Å². The van der Waals surface area contributed by atoms with Crippen molar-refractivity contribution in [1.29, 1.82) is 0 Å². The first-order valence-corrected chi connectivity index (χ1v) is 15.5. The van der Waals surface area contributed by atoms with Crippen LogP contribution in [0.4, 0.5) is 0 Å². The van der Waals surface area contributed by atoms with Crippen LogP contribution in [0, 0.1) is 42.7 Å². The van der Waals surface area contributed by atoms with Crippen molar-refractivity contribution >= 4 is 21.8 Å². The van der Waals surface area contributed by atoms with E-state index >= 15 is 0 Å². The first-order chi connectivity index (χ1) is 25.0. The Morgan fingerprint density at radius 2 is 0.655 bits per heavy atom. The first kappa shape index (κ1) is 60.2. The molecule has 0 radical (unpaired) electrons. The van der Waals surface area contributed by atoms with Crippen molar-refractivity contribution in [3.63, 3.8) is 0 Å². The SMILES string of the molecule is [CH2-]OCC(O)CO[CH2-].[CH2-]OCC(O)CO[CH2-].[CH2-]OCC(O)COc1ccc2ccc(=O)[nH]c2c1.[CH2-]OCC(O)COc1ccc2ccc(=O)[nH]c2c1.[Rf].[Rf].[Rf].[Rf].[Rf].[Rf]. The summed E-state index contributed by atoms with van der Waals surface area (Å²) in [6.45, 7) is 1.21. The van der Waals surface area contributed by atoms with E-state index in [2.05, 4.69) is 81.0 Å². The number of benzene rings is 2. The van der Waals surface area contributed by atoms with Crippen LogP contribution in [0.15, 0.2) is 70.3 Å². The predicted octanol–water partition coefficient (Wildman–Crippen LogP) is 2.08. The van der Waals surface area contributed by atoms with Gasteiger partial charge in [-0.25, -0.2) is 42.7 Å². The molecule has 0 bridgehead atoms. The molecule has 58 heavy (non-hydrogen) atoms. The number of H-pyrrole nitrogens is 2. The van der Waals surface area contributed by atoms with Crippen molar-refractivity contribution in [2.45, 2.75) is 24.4 Å². The molecule has 0 aliphatic carbocycles. The predicted molar refractivity (Wildman–Crippen MR) is 192 cm³/mol. The summed E-state index contributed by atoms with van der Waals surface area (Å²) in [6.07, 6.45) is -2.67. The monoisotopic (exact) mass is 2340 g/mol. The Labute approximate surface area is 302 Å². The summed E-state index contributed by atoms with van der Waals surface area (Å²) in [5.41, 5.74) is 1.07. The van der Waals surface area contributed by atoms with E-state index in [-0.39, 0.29) is 64.0 Å². The first-order valence-electron chi connectivity index (χ1n) is 15.5. The molecule has 2 aromatic heterocycles. The third-order valence-corrected chi connectivity index (χ3v) is 6.14. The molecule has 2 unspecified atom stereocenters. The molecule has 0 amide bonds. The minimum absolute atomic E-state index is 0. The van der Waals surface area contributed by atoms with Gasteiger partial charge < -0.3 is 68.3 Å². The normalized spacial score (nSPS) is 10.7. The van der Waals surface area contributed by atoms with Crippen molar-refractivity contribution in [2.24, 2.45) is 0 Å². The number of aliphatic hydroxyl groups is 4. The second kappa shape index (κ2) is 34.2. The van der Waals surface area contributed by atoms with Gasteiger partial charge in [-0.05, 0) is 47.2 Å². The van der Waals surface area contributed by atoms with Crippen LogP contribution in [0.1, 0.15) is 0 Å². The third kappa shape index (κ3) is 24.3. The van der Waals surface area contributed by atoms with E-state index in [1.807, 2.05) is 12.1 Å². The van der Waals surface area contributed by atoms with Crippen LogP contribution in [0.2, 0.25) is 0 Å². The zero-order valence-electron chi connectivity index (χ0n) is 33.1. The Morgan fingerprint density at radius 1 is 0.414 bits per heavy atom. The fourth-order valence-electron chi connectivity index (χ4n) is 3.83. The maximum Gasteiger partial charge on any atom is 0.248 e. The molecule has 304 valence electrons. The average Bonchev–Trinajstić information content (AvgIpc) is 3.11. The second-order valence-corrected chi connectivity index (χ2v) is 10.6. The second-order valence-electron chi connectivity index (χ2n) is 10.6. The zero-order chi connectivity index (χ0) is 38.7. The molecule has 4 rings (SSSR count). The van der Waals surface area contributed by atoms with E-state index < -0.39 is 24.4 Å². The van der Waals surface area contributed by atoms with Gasteiger partial charge in [0.05, 0.1) is 23.2 Å². The number of aromatic amines is 2. The van der Waals surface area contributed by atoms with Gasteiger partial charge in [0.25, 0.3) is 0 Å². The number of pyridine rings is 2. The van der Waals surface area contributed by atoms with E-state index in [0.717, 1.165) is 10.8 Å². The number of ether oxygens (including phenoxy) is 8. The van der Waals surface area contributed by atoms with Crippen LogP contribution >= 0.6 is 0 Å². The topological polar surface area (TPSA) is 220 Å². The van der Waals surface area contributed by atoms with E-state index in [4.69, 9.17) is 19.7 Å². The molecule has 2 aromatic carbocycles. The third-order valence-electron chi connectivity index (χ3n) is 6.14. The smallest absolute Gasteiger partial charge is 0.248 e. The molecular weight excluding hydrogens is 2290 g/mol. The summed E-state index contributed by atoms with van der Waals surface area (Å²) < 4.78 is 37.3. The summed E-state index contributed by atoms with van der Waals surface area (Å²) in [6, 6.07) is 17.1. The Morgan fingerprint density at radius 3 is 0.914 bits per heavy atom. The Hall–Kier alpha value is -9.94. The molecule has 4 aromatic rings. The van der Waals surface area contributed by atoms with Crippen LogP contribution in [0.5, 0.6) is 11.5 Å². The zero-order valence-corrected chi connectivity index (χ0v) is 71.5. The molecule has 22 heteroatoms. The number of fused-ring (bicyclic) bond motifs is 2. The quantitative estimate of drug-likeness (QED) is 0.0787. The molecule has 0 spiro atoms. The largest absolute Gasteiger partial charge is 0.553 e. The Bertz CT molecular complexity index is 1510. The number of aromatic nitrogens is 2. The minimum Gasteiger partial charge on any atom is -0.553 e. The van der Waals surface area contributed by atoms with Gasteiger partial charge in [-0.15, -0.1) is 0 Å². The van der Waals surface area contributed by atoms with Gasteiger partial charge in [-0.3, -0.25) is 9.59 Å². The molecule has 16 nitrogen and oxygen atoms in total. The number of nitrogens with one attached hydrogen (secondary N) is 2. The van der Waals surface area contributed by atoms with Gasteiger partial charge in [0, 0.05) is 63.9 Å². The maximum atomic E-state index is 11.2. The van der Waals surface area contributed by atoms with Gasteiger partial charge in [0.15, 0.2) is 0 Å². The fraction of sp³-hybridized carbons (Fsp3) is 0.333. The fourth-order valence-corrected chi connectivity index (χ4v) is 3.83. The van der Waals surface area contributed by atoms with Gasteiger partial charge in [-0.1, -0.05) is 0 Å². The van der Waals surface area contributed by atoms with Crippen molar-refractivity contribution in [3.05, 3.63) is 124 Å². The summed E-state index contributed by atoms with van der Waals surface area (Å²) in [5.74, 6) is 1.15. The van der Waals surface area contributed by atoms with E-state index in [9.17, 15) is 19.8 Å². The number of hydrogen-bond acceptors (Lipinski definition) is 14. The average molecular weight is 2330 g/mol. The van der Waals surface area contributed by atoms with E-state index in [1.165, 1.54) is 12.1 Å². The van der Waals surface area contributed by atoms with Crippen molar-refractivity contribution in [2.75, 3.05) is 52.9 Å².